The van der Waals surface area contributed by atoms with Gasteiger partial charge in [0.25, 0.3) is 0 Å². The first kappa shape index (κ1) is 13.4. The highest BCUT2D eigenvalue weighted by atomic mass is 15.2. The van der Waals surface area contributed by atoms with Gasteiger partial charge in [-0.25, -0.2) is 0 Å². The Kier molecular flexibility index (Phi) is 5.02. The van der Waals surface area contributed by atoms with E-state index in [4.69, 9.17) is 5.73 Å². The molecule has 3 heteroatoms. The number of anilines is 1. The Hall–Kier alpha value is -1.06. The number of para-hydroxylation sites is 1. The van der Waals surface area contributed by atoms with Crippen molar-refractivity contribution in [2.75, 3.05) is 37.6 Å². The summed E-state index contributed by atoms with van der Waals surface area (Å²) < 4.78 is 0. The van der Waals surface area contributed by atoms with E-state index in [1.54, 1.807) is 0 Å². The van der Waals surface area contributed by atoms with Crippen LogP contribution in [0.4, 0.5) is 5.69 Å². The average Bonchev–Trinajstić information content (AvgIpc) is 2.95. The minimum absolute atomic E-state index is 0.493. The average molecular weight is 247 g/mol. The van der Waals surface area contributed by atoms with E-state index in [1.165, 1.54) is 31.6 Å². The van der Waals surface area contributed by atoms with Crippen molar-refractivity contribution in [3.8, 4) is 0 Å². The Bertz CT molecular complexity index is 333. The van der Waals surface area contributed by atoms with Crippen LogP contribution in [0.1, 0.15) is 19.8 Å². The SMILES string of the molecule is CCN(CC(CN)N1CCCC1)c1ccccc1. The molecule has 3 nitrogen and oxygen atoms in total. The number of rotatable bonds is 6. The summed E-state index contributed by atoms with van der Waals surface area (Å²) in [6.45, 7) is 7.47. The van der Waals surface area contributed by atoms with Crippen molar-refractivity contribution in [1.82, 2.24) is 4.90 Å². The Labute approximate surface area is 111 Å². The van der Waals surface area contributed by atoms with Gasteiger partial charge in [0.15, 0.2) is 0 Å². The van der Waals surface area contributed by atoms with Crippen molar-refractivity contribution in [3.05, 3.63) is 30.3 Å². The lowest BCUT2D eigenvalue weighted by Crippen LogP contribution is -2.47. The maximum Gasteiger partial charge on any atom is 0.0393 e. The summed E-state index contributed by atoms with van der Waals surface area (Å²) in [4.78, 5) is 4.97. The third-order valence-electron chi connectivity index (χ3n) is 3.86. The van der Waals surface area contributed by atoms with Gasteiger partial charge in [0, 0.05) is 31.4 Å². The minimum atomic E-state index is 0.493. The molecule has 2 N–H and O–H groups in total. The molecule has 0 radical (unpaired) electrons. The molecule has 1 saturated heterocycles. The molecule has 0 saturated carbocycles. The Morgan fingerprint density at radius 3 is 2.44 bits per heavy atom. The predicted molar refractivity (Wildman–Crippen MR) is 78.0 cm³/mol. The summed E-state index contributed by atoms with van der Waals surface area (Å²) in [5.41, 5.74) is 7.27. The van der Waals surface area contributed by atoms with E-state index in [-0.39, 0.29) is 0 Å². The molecule has 1 unspecified atom stereocenters. The van der Waals surface area contributed by atoms with Crippen LogP contribution in [0.15, 0.2) is 30.3 Å². The van der Waals surface area contributed by atoms with E-state index in [1.807, 2.05) is 0 Å². The van der Waals surface area contributed by atoms with Crippen LogP contribution >= 0.6 is 0 Å². The molecule has 1 aromatic rings. The van der Waals surface area contributed by atoms with Crippen molar-refractivity contribution >= 4 is 5.69 Å². The third-order valence-corrected chi connectivity index (χ3v) is 3.86. The third kappa shape index (κ3) is 3.24. The van der Waals surface area contributed by atoms with E-state index in [2.05, 4.69) is 47.1 Å². The molecule has 1 aliphatic rings. The van der Waals surface area contributed by atoms with Crippen LogP contribution in [0.5, 0.6) is 0 Å². The number of hydrogen-bond acceptors (Lipinski definition) is 3. The van der Waals surface area contributed by atoms with Gasteiger partial charge in [0.2, 0.25) is 0 Å². The van der Waals surface area contributed by atoms with Crippen molar-refractivity contribution in [2.24, 2.45) is 5.73 Å². The zero-order valence-corrected chi connectivity index (χ0v) is 11.4. The van der Waals surface area contributed by atoms with E-state index < -0.39 is 0 Å². The number of nitrogens with zero attached hydrogens (tertiary/aromatic N) is 2. The molecule has 0 bridgehead atoms. The van der Waals surface area contributed by atoms with Crippen LogP contribution in [-0.2, 0) is 0 Å². The quantitative estimate of drug-likeness (QED) is 0.834. The molecule has 1 fully saturated rings. The lowest BCUT2D eigenvalue weighted by atomic mass is 10.2. The lowest BCUT2D eigenvalue weighted by molar-refractivity contribution is 0.250. The zero-order valence-electron chi connectivity index (χ0n) is 11.4. The van der Waals surface area contributed by atoms with E-state index in [0.29, 0.717) is 6.04 Å². The molecule has 18 heavy (non-hydrogen) atoms. The Morgan fingerprint density at radius 2 is 1.89 bits per heavy atom. The van der Waals surface area contributed by atoms with Crippen LogP contribution in [-0.4, -0.2) is 43.7 Å². The molecule has 100 valence electrons. The first-order valence-electron chi connectivity index (χ1n) is 7.09. The van der Waals surface area contributed by atoms with Gasteiger partial charge in [-0.3, -0.25) is 4.90 Å². The van der Waals surface area contributed by atoms with E-state index in [9.17, 15) is 0 Å². The van der Waals surface area contributed by atoms with Gasteiger partial charge >= 0.3 is 0 Å². The molecule has 1 atom stereocenters. The topological polar surface area (TPSA) is 32.5 Å². The number of benzene rings is 1. The maximum absolute atomic E-state index is 5.97. The molecule has 0 aromatic heterocycles. The van der Waals surface area contributed by atoms with Gasteiger partial charge < -0.3 is 10.6 Å². The highest BCUT2D eigenvalue weighted by molar-refractivity contribution is 5.46. The molecular formula is C15H25N3. The van der Waals surface area contributed by atoms with Gasteiger partial charge in [0.1, 0.15) is 0 Å². The first-order valence-corrected chi connectivity index (χ1v) is 7.09. The second-order valence-corrected chi connectivity index (χ2v) is 5.01. The zero-order chi connectivity index (χ0) is 12.8. The summed E-state index contributed by atoms with van der Waals surface area (Å²) in [5.74, 6) is 0. The van der Waals surface area contributed by atoms with E-state index in [0.717, 1.165) is 19.6 Å². The van der Waals surface area contributed by atoms with Crippen LogP contribution in [0.2, 0.25) is 0 Å². The number of hydrogen-bond donors (Lipinski definition) is 1. The van der Waals surface area contributed by atoms with Crippen LogP contribution in [0.25, 0.3) is 0 Å². The van der Waals surface area contributed by atoms with Crippen molar-refractivity contribution in [3.63, 3.8) is 0 Å². The fourth-order valence-electron chi connectivity index (χ4n) is 2.76. The lowest BCUT2D eigenvalue weighted by Gasteiger charge is -2.33. The van der Waals surface area contributed by atoms with E-state index >= 15 is 0 Å². The summed E-state index contributed by atoms with van der Waals surface area (Å²) in [7, 11) is 0. The van der Waals surface area contributed by atoms with Gasteiger partial charge in [-0.1, -0.05) is 18.2 Å². The van der Waals surface area contributed by atoms with Crippen molar-refractivity contribution in [2.45, 2.75) is 25.8 Å². The van der Waals surface area contributed by atoms with Crippen molar-refractivity contribution in [1.29, 1.82) is 0 Å². The highest BCUT2D eigenvalue weighted by Gasteiger charge is 2.22. The second-order valence-electron chi connectivity index (χ2n) is 5.01. The summed E-state index contributed by atoms with van der Waals surface area (Å²) in [5, 5.41) is 0. The first-order chi connectivity index (χ1) is 8.85. The van der Waals surface area contributed by atoms with Gasteiger partial charge in [-0.05, 0) is 45.0 Å². The normalized spacial score (nSPS) is 17.9. The summed E-state index contributed by atoms with van der Waals surface area (Å²) in [6.07, 6.45) is 2.65. The minimum Gasteiger partial charge on any atom is -0.370 e. The second kappa shape index (κ2) is 6.76. The molecular weight excluding hydrogens is 222 g/mol. The molecule has 0 spiro atoms. The maximum atomic E-state index is 5.97. The molecule has 1 aromatic carbocycles. The van der Waals surface area contributed by atoms with Crippen LogP contribution in [0, 0.1) is 0 Å². The summed E-state index contributed by atoms with van der Waals surface area (Å²) in [6, 6.07) is 11.1. The van der Waals surface area contributed by atoms with Crippen LogP contribution in [0.3, 0.4) is 0 Å². The van der Waals surface area contributed by atoms with Gasteiger partial charge in [-0.2, -0.15) is 0 Å². The molecule has 0 aliphatic carbocycles. The standard InChI is InChI=1S/C15H25N3/c1-2-17(14-8-4-3-5-9-14)13-15(12-16)18-10-6-7-11-18/h3-5,8-9,15H,2,6-7,10-13,16H2,1H3. The Balaban J connectivity index is 2.00. The van der Waals surface area contributed by atoms with Gasteiger partial charge in [-0.15, -0.1) is 0 Å². The molecule has 2 rings (SSSR count). The van der Waals surface area contributed by atoms with Gasteiger partial charge in [0.05, 0.1) is 0 Å². The molecule has 1 heterocycles. The largest absolute Gasteiger partial charge is 0.370 e. The predicted octanol–water partition coefficient (Wildman–Crippen LogP) is 1.94. The highest BCUT2D eigenvalue weighted by Crippen LogP contribution is 2.17. The number of likely N-dealkylation sites (N-methyl/N-ethyl adjacent to an activating group) is 1. The number of likely N-dealkylation sites (tertiary alicyclic amines) is 1. The Morgan fingerprint density at radius 1 is 1.22 bits per heavy atom. The smallest absolute Gasteiger partial charge is 0.0393 e. The molecule has 0 amide bonds. The number of nitrogens with two attached hydrogens (primary N) is 1. The fourth-order valence-corrected chi connectivity index (χ4v) is 2.76. The monoisotopic (exact) mass is 247 g/mol. The van der Waals surface area contributed by atoms with Crippen LogP contribution < -0.4 is 10.6 Å². The molecule has 1 aliphatic heterocycles. The van der Waals surface area contributed by atoms with Crippen molar-refractivity contribution < 1.29 is 0 Å². The fraction of sp³-hybridized carbons (Fsp3) is 0.600. The summed E-state index contributed by atoms with van der Waals surface area (Å²) >= 11 is 0.